The molecule has 0 saturated carbocycles. The third kappa shape index (κ3) is 4.45. The van der Waals surface area contributed by atoms with Crippen LogP contribution >= 0.6 is 15.9 Å². The minimum Gasteiger partial charge on any atom is -0.360 e. The van der Waals surface area contributed by atoms with Crippen LogP contribution in [0.25, 0.3) is 0 Å². The third-order valence-corrected chi connectivity index (χ3v) is 4.14. The van der Waals surface area contributed by atoms with Crippen molar-refractivity contribution in [2.45, 2.75) is 32.9 Å². The second-order valence-corrected chi connectivity index (χ2v) is 7.53. The quantitative estimate of drug-likeness (QED) is 0.907. The van der Waals surface area contributed by atoms with Crippen LogP contribution in [0.15, 0.2) is 22.7 Å². The van der Waals surface area contributed by atoms with Crippen LogP contribution in [0.2, 0.25) is 0 Å². The molecule has 0 radical (unpaired) electrons. The molecule has 1 amide bonds. The number of carbonyl (C=O) groups excluding carboxylic acids is 1. The zero-order chi connectivity index (χ0) is 15.6. The highest BCUT2D eigenvalue weighted by Gasteiger charge is 2.23. The fourth-order valence-electron chi connectivity index (χ4n) is 2.33. The Labute approximate surface area is 135 Å². The number of rotatable bonds is 3. The summed E-state index contributed by atoms with van der Waals surface area (Å²) in [5.74, 6) is 0.180. The SMILES string of the molecule is CN1CCN(c2ccc(Br)cc2CNC(C)(C)C)CC1=O. The van der Waals surface area contributed by atoms with E-state index in [-0.39, 0.29) is 11.4 Å². The zero-order valence-corrected chi connectivity index (χ0v) is 14.8. The third-order valence-electron chi connectivity index (χ3n) is 3.65. The lowest BCUT2D eigenvalue weighted by molar-refractivity contribution is -0.129. The van der Waals surface area contributed by atoms with Crippen LogP contribution in [0.5, 0.6) is 0 Å². The highest BCUT2D eigenvalue weighted by Crippen LogP contribution is 2.26. The highest BCUT2D eigenvalue weighted by molar-refractivity contribution is 9.10. The van der Waals surface area contributed by atoms with Crippen LogP contribution < -0.4 is 10.2 Å². The molecule has 0 aliphatic carbocycles. The molecule has 1 heterocycles. The standard InChI is InChI=1S/C16H24BrN3O/c1-16(2,3)18-10-12-9-13(17)5-6-14(12)20-8-7-19(4)15(21)11-20/h5-6,9,18H,7-8,10-11H2,1-4H3. The van der Waals surface area contributed by atoms with Gasteiger partial charge in [-0.3, -0.25) is 4.79 Å². The molecule has 0 atom stereocenters. The lowest BCUT2D eigenvalue weighted by Gasteiger charge is -2.35. The molecule has 5 heteroatoms. The van der Waals surface area contributed by atoms with Gasteiger partial charge in [0.1, 0.15) is 0 Å². The van der Waals surface area contributed by atoms with E-state index in [1.807, 2.05) is 13.1 Å². The minimum absolute atomic E-state index is 0.0670. The summed E-state index contributed by atoms with van der Waals surface area (Å²) < 4.78 is 1.07. The molecule has 1 aliphatic heterocycles. The molecule has 0 bridgehead atoms. The van der Waals surface area contributed by atoms with E-state index in [4.69, 9.17) is 0 Å². The van der Waals surface area contributed by atoms with Crippen molar-refractivity contribution in [1.82, 2.24) is 10.2 Å². The lowest BCUT2D eigenvalue weighted by atomic mass is 10.1. The average molecular weight is 354 g/mol. The Morgan fingerprint density at radius 1 is 1.29 bits per heavy atom. The van der Waals surface area contributed by atoms with Gasteiger partial charge in [-0.15, -0.1) is 0 Å². The molecule has 0 aromatic heterocycles. The predicted molar refractivity (Wildman–Crippen MR) is 90.6 cm³/mol. The summed E-state index contributed by atoms with van der Waals surface area (Å²) in [5.41, 5.74) is 2.44. The molecule has 1 aromatic carbocycles. The van der Waals surface area contributed by atoms with Gasteiger partial charge in [0.15, 0.2) is 0 Å². The largest absolute Gasteiger partial charge is 0.360 e. The first-order valence-corrected chi connectivity index (χ1v) is 8.08. The summed E-state index contributed by atoms with van der Waals surface area (Å²) in [5, 5.41) is 3.52. The van der Waals surface area contributed by atoms with Crippen LogP contribution in [-0.2, 0) is 11.3 Å². The number of carbonyl (C=O) groups is 1. The van der Waals surface area contributed by atoms with E-state index >= 15 is 0 Å². The minimum atomic E-state index is 0.0670. The van der Waals surface area contributed by atoms with E-state index in [2.05, 4.69) is 59.1 Å². The van der Waals surface area contributed by atoms with Crippen LogP contribution in [0.1, 0.15) is 26.3 Å². The van der Waals surface area contributed by atoms with Gasteiger partial charge < -0.3 is 15.1 Å². The van der Waals surface area contributed by atoms with Crippen molar-refractivity contribution in [1.29, 1.82) is 0 Å². The van der Waals surface area contributed by atoms with Crippen LogP contribution in [0.3, 0.4) is 0 Å². The van der Waals surface area contributed by atoms with Crippen molar-refractivity contribution in [2.75, 3.05) is 31.6 Å². The number of hydrogen-bond donors (Lipinski definition) is 1. The topological polar surface area (TPSA) is 35.6 Å². The number of amides is 1. The molecule has 21 heavy (non-hydrogen) atoms. The van der Waals surface area contributed by atoms with Gasteiger partial charge in [-0.05, 0) is 44.5 Å². The van der Waals surface area contributed by atoms with E-state index in [1.54, 1.807) is 4.90 Å². The first-order valence-electron chi connectivity index (χ1n) is 7.28. The molecule has 1 aromatic rings. The smallest absolute Gasteiger partial charge is 0.241 e. The maximum atomic E-state index is 11.9. The molecule has 0 spiro atoms. The van der Waals surface area contributed by atoms with E-state index in [9.17, 15) is 4.79 Å². The monoisotopic (exact) mass is 353 g/mol. The summed E-state index contributed by atoms with van der Waals surface area (Å²) in [6.45, 7) is 9.38. The van der Waals surface area contributed by atoms with Crippen molar-refractivity contribution in [3.05, 3.63) is 28.2 Å². The maximum absolute atomic E-state index is 11.9. The number of hydrogen-bond acceptors (Lipinski definition) is 3. The number of halogens is 1. The fourth-order valence-corrected chi connectivity index (χ4v) is 2.74. The molecule has 1 fully saturated rings. The van der Waals surface area contributed by atoms with E-state index in [0.29, 0.717) is 6.54 Å². The summed E-state index contributed by atoms with van der Waals surface area (Å²) in [4.78, 5) is 15.9. The summed E-state index contributed by atoms with van der Waals surface area (Å²) in [7, 11) is 1.86. The normalized spacial score (nSPS) is 16.5. The van der Waals surface area contributed by atoms with Crippen LogP contribution in [0.4, 0.5) is 5.69 Å². The van der Waals surface area contributed by atoms with Crippen molar-refractivity contribution in [2.24, 2.45) is 0 Å². The Hall–Kier alpha value is -1.07. The lowest BCUT2D eigenvalue weighted by Crippen LogP contribution is -2.49. The van der Waals surface area contributed by atoms with Gasteiger partial charge in [0.05, 0.1) is 6.54 Å². The number of benzene rings is 1. The fraction of sp³-hybridized carbons (Fsp3) is 0.562. The number of nitrogens with one attached hydrogen (secondary N) is 1. The average Bonchev–Trinajstić information content (AvgIpc) is 2.39. The Bertz CT molecular complexity index is 525. The Balaban J connectivity index is 2.20. The van der Waals surface area contributed by atoms with Crippen molar-refractivity contribution in [3.63, 3.8) is 0 Å². The molecule has 1 aliphatic rings. The first kappa shape index (κ1) is 16.3. The number of piperazine rings is 1. The molecule has 0 unspecified atom stereocenters. The molecule has 116 valence electrons. The zero-order valence-electron chi connectivity index (χ0n) is 13.2. The van der Waals surface area contributed by atoms with E-state index in [0.717, 1.165) is 29.8 Å². The van der Waals surface area contributed by atoms with Gasteiger partial charge in [0, 0.05) is 42.4 Å². The second kappa shape index (κ2) is 6.36. The van der Waals surface area contributed by atoms with Crippen LogP contribution in [-0.4, -0.2) is 43.0 Å². The molecule has 1 N–H and O–H groups in total. The maximum Gasteiger partial charge on any atom is 0.241 e. The summed E-state index contributed by atoms with van der Waals surface area (Å²) >= 11 is 3.54. The van der Waals surface area contributed by atoms with E-state index < -0.39 is 0 Å². The Morgan fingerprint density at radius 2 is 2.00 bits per heavy atom. The van der Waals surface area contributed by atoms with Crippen molar-refractivity contribution < 1.29 is 4.79 Å². The van der Waals surface area contributed by atoms with E-state index in [1.165, 1.54) is 5.56 Å². The van der Waals surface area contributed by atoms with Crippen LogP contribution in [0, 0.1) is 0 Å². The van der Waals surface area contributed by atoms with Gasteiger partial charge in [0.2, 0.25) is 5.91 Å². The first-order chi connectivity index (χ1) is 9.76. The number of likely N-dealkylation sites (N-methyl/N-ethyl adjacent to an activating group) is 1. The van der Waals surface area contributed by atoms with Gasteiger partial charge in [-0.25, -0.2) is 0 Å². The number of nitrogens with zero attached hydrogens (tertiary/aromatic N) is 2. The Kier molecular flexibility index (Phi) is 4.94. The van der Waals surface area contributed by atoms with Gasteiger partial charge >= 0.3 is 0 Å². The Morgan fingerprint density at radius 3 is 2.62 bits per heavy atom. The highest BCUT2D eigenvalue weighted by atomic mass is 79.9. The molecular formula is C16H24BrN3O. The van der Waals surface area contributed by atoms with Gasteiger partial charge in [-0.2, -0.15) is 0 Å². The predicted octanol–water partition coefficient (Wildman–Crippen LogP) is 2.62. The van der Waals surface area contributed by atoms with Gasteiger partial charge in [-0.1, -0.05) is 15.9 Å². The molecule has 2 rings (SSSR count). The number of anilines is 1. The van der Waals surface area contributed by atoms with Crippen molar-refractivity contribution in [3.8, 4) is 0 Å². The summed E-state index contributed by atoms with van der Waals surface area (Å²) in [6, 6.07) is 6.28. The van der Waals surface area contributed by atoms with Gasteiger partial charge in [0.25, 0.3) is 0 Å². The molecule has 4 nitrogen and oxygen atoms in total. The molecular weight excluding hydrogens is 330 g/mol. The van der Waals surface area contributed by atoms with Crippen molar-refractivity contribution >= 4 is 27.5 Å². The molecule has 1 saturated heterocycles. The second-order valence-electron chi connectivity index (χ2n) is 6.61. The summed E-state index contributed by atoms with van der Waals surface area (Å²) in [6.07, 6.45) is 0.